The summed E-state index contributed by atoms with van der Waals surface area (Å²) in [6, 6.07) is 0. The van der Waals surface area contributed by atoms with E-state index in [1.807, 2.05) is 104 Å². The molecule has 0 bridgehead atoms. The zero-order valence-corrected chi connectivity index (χ0v) is 82.8. The van der Waals surface area contributed by atoms with E-state index in [1.54, 1.807) is 64.8 Å². The van der Waals surface area contributed by atoms with Crippen LogP contribution in [-0.4, -0.2) is 329 Å². The van der Waals surface area contributed by atoms with Crippen molar-refractivity contribution in [1.82, 2.24) is 9.55 Å². The second-order valence-electron chi connectivity index (χ2n) is 38.0. The Morgan fingerprint density at radius 3 is 1.22 bits per heavy atom. The third kappa shape index (κ3) is 34.5. The lowest BCUT2D eigenvalue weighted by Gasteiger charge is -2.25. The summed E-state index contributed by atoms with van der Waals surface area (Å²) < 4.78 is 148. The first-order chi connectivity index (χ1) is 60.6. The molecule has 0 saturated carbocycles. The average molecular weight is 1890 g/mol. The smallest absolute Gasteiger partial charge is 0.305 e. The van der Waals surface area contributed by atoms with Crippen LogP contribution in [0, 0.1) is 0 Å². The number of halogens is 2. The molecule has 0 amide bonds. The Morgan fingerprint density at radius 2 is 0.877 bits per heavy atom. The average Bonchev–Trinajstić information content (AvgIpc) is 1.61. The summed E-state index contributed by atoms with van der Waals surface area (Å²) in [6.07, 6.45) is 10.8. The standard InChI is InChI=1S/C13H18N2O4S.C10H16O5.C9H16O4.C9H16O3.C8H15FO.C8H14O5.C8H16O2.C7H13FO2.C7H14O2.C7H12O2.C6H12O3/c1-4-8-9(17-12(20)15-6-5-14-7-15)10-11(16-8)19-13(2,3)18-10;1-4-8-5-9(13-6(2)11)10(15-8)14-7(3)12;1-4-5-6(10)7-8(11-5)13-9(2,3)12-7;1-4-6-5-7-8(10-6)12-9(2,3)11-7;1-4-7-5-8(3,9)6(2)10-7;1-8(2)12-6-5(10)4(3-9)11-7(6)13-8;1-4-7-5-8(3,9)6(2)10-7;1-5-7(2,8)3-6(4-9)10-5;2*1-3-6-4-7(8)5(2)9-6;1-4-6(8)2-5(3-7)9-4/h5-11H,4H2,1-3H3;8-10H,4-5H2,1-3H3;5-8,10H,4H2,1-3H3;6-8H,4-5H2,1-3H3;6-7H,4-5H2,1-3H3;4-7,9-10H,3H2,1-2H3;6-7,9H,4-5H2,1-3H3;5-6,9H,3-4H2,1-2H3;5-8H,3-4H2,1-2H3;5-6H,3-4H2,1-2H3;4-8H,2-3H2,1H3/t8-,9+,10?,11+;8-,9?,10-;5-,6+,7?,8+;6-,7?,8+;6-,7+,8?;4-,5+,6?,7+;6-,7+,8?;5-,6-,7?;5-,6+,7?;5-,6+;4-,5-,6?/m11110100000/s1. The SMILES string of the molecule is CC1(C)OC2[C@@H](O[C@H](CO)[C@@H]2O)O1.CC[C@@H]1CC(=O)[C@H](C)O1.CC[C@@H]1CC(C)(F)[C@H](C)O1.CC[C@@H]1CC(C)(O)[C@H](C)O1.CC[C@@H]1CC(O)[C@H](C)O1.CC[C@@H]1CC(OC(C)=O)[C@H](OC(C)=O)O1.CC[C@@H]1CC2OC(C)(C)O[C@@H]2O1.CC[C@H]1O[C@H]2OC(C)(C)OC2[C@H]1O.CC[C@H]1O[C@H]2OC(C)(C)OC2[C@H]1OC(=S)n1ccnc1.C[C@@H]1O[C@H](CO)CC1(C)F.C[C@@H]1O[C@H](CO)CC1O. The summed E-state index contributed by atoms with van der Waals surface area (Å²) in [5.41, 5.74) is -2.95. The molecule has 16 heterocycles. The molecule has 1 aromatic heterocycles. The first-order valence-electron chi connectivity index (χ1n) is 46.9. The molecule has 15 aliphatic heterocycles. The topological polar surface area (TPSA) is 434 Å². The van der Waals surface area contributed by atoms with Crippen LogP contribution < -0.4 is 0 Å². The lowest BCUT2D eigenvalue weighted by atomic mass is 9.96. The number of hydrogen-bond donors (Lipinski definition) is 8. The van der Waals surface area contributed by atoms with Crippen LogP contribution in [0.2, 0.25) is 0 Å². The molecule has 758 valence electrons. The van der Waals surface area contributed by atoms with E-state index in [-0.39, 0.29) is 154 Å². The maximum absolute atomic E-state index is 13.3. The Morgan fingerprint density at radius 1 is 0.454 bits per heavy atom. The van der Waals surface area contributed by atoms with Crippen molar-refractivity contribution in [3.63, 3.8) is 0 Å². The van der Waals surface area contributed by atoms with E-state index in [1.165, 1.54) is 20.8 Å². The molecular formula is C92H162F2N2O33S. The number of ketones is 1. The summed E-state index contributed by atoms with van der Waals surface area (Å²) in [5.74, 6) is -3.03. The third-order valence-corrected chi connectivity index (χ3v) is 25.2. The Bertz CT molecular complexity index is 3280. The van der Waals surface area contributed by atoms with Crippen LogP contribution in [0.1, 0.15) is 290 Å². The molecule has 0 aliphatic carbocycles. The summed E-state index contributed by atoms with van der Waals surface area (Å²) in [4.78, 5) is 36.4. The van der Waals surface area contributed by atoms with Crippen molar-refractivity contribution in [3.05, 3.63) is 18.7 Å². The number of esters is 2. The molecule has 15 fully saturated rings. The normalized spacial score (nSPS) is 42.1. The molecule has 15 aliphatic rings. The highest BCUT2D eigenvalue weighted by molar-refractivity contribution is 7.80. The zero-order valence-electron chi connectivity index (χ0n) is 82.0. The number of aromatic nitrogens is 2. The second-order valence-corrected chi connectivity index (χ2v) is 38.4. The third-order valence-electron chi connectivity index (χ3n) is 24.9. The molecule has 15 saturated heterocycles. The first kappa shape index (κ1) is 115. The van der Waals surface area contributed by atoms with Crippen molar-refractivity contribution in [2.75, 3.05) is 19.8 Å². The predicted molar refractivity (Wildman–Crippen MR) is 471 cm³/mol. The van der Waals surface area contributed by atoms with Gasteiger partial charge in [-0.15, -0.1) is 0 Å². The number of thiocarbonyl (C=S) groups is 1. The van der Waals surface area contributed by atoms with Gasteiger partial charge in [-0.2, -0.15) is 0 Å². The Labute approximate surface area is 774 Å². The molecule has 38 heteroatoms. The van der Waals surface area contributed by atoms with Gasteiger partial charge in [0.15, 0.2) is 72.4 Å². The number of ether oxygens (including phenoxy) is 22. The zero-order chi connectivity index (χ0) is 97.7. The van der Waals surface area contributed by atoms with Gasteiger partial charge >= 0.3 is 11.9 Å². The molecule has 0 spiro atoms. The molecular weight excluding hydrogens is 1730 g/mol. The number of carbonyl (C=O) groups is 3. The summed E-state index contributed by atoms with van der Waals surface area (Å²) >= 11 is 5.28. The van der Waals surface area contributed by atoms with E-state index < -0.39 is 108 Å². The summed E-state index contributed by atoms with van der Waals surface area (Å²) in [7, 11) is 0. The van der Waals surface area contributed by atoms with Gasteiger partial charge in [0.1, 0.15) is 66.5 Å². The largest absolute Gasteiger partial charge is 0.461 e. The van der Waals surface area contributed by atoms with Crippen LogP contribution >= 0.6 is 12.2 Å². The quantitative estimate of drug-likeness (QED) is 0.0633. The highest BCUT2D eigenvalue weighted by atomic mass is 32.1. The van der Waals surface area contributed by atoms with Gasteiger partial charge in [-0.1, -0.05) is 55.4 Å². The predicted octanol–water partition coefficient (Wildman–Crippen LogP) is 10.3. The van der Waals surface area contributed by atoms with E-state index in [4.69, 9.17) is 137 Å². The second kappa shape index (κ2) is 51.4. The minimum Gasteiger partial charge on any atom is -0.461 e. The van der Waals surface area contributed by atoms with E-state index in [0.29, 0.717) is 49.5 Å². The van der Waals surface area contributed by atoms with Gasteiger partial charge in [-0.3, -0.25) is 19.0 Å². The van der Waals surface area contributed by atoms with Gasteiger partial charge in [0, 0.05) is 77.6 Å². The van der Waals surface area contributed by atoms with Crippen LogP contribution in [-0.2, 0) is 119 Å². The van der Waals surface area contributed by atoms with Gasteiger partial charge in [-0.25, -0.2) is 13.8 Å². The van der Waals surface area contributed by atoms with Crippen LogP contribution in [0.5, 0.6) is 0 Å². The van der Waals surface area contributed by atoms with E-state index in [0.717, 1.165) is 70.6 Å². The number of nitrogens with zero attached hydrogens (tertiary/aromatic N) is 2. The fraction of sp³-hybridized carbons (Fsp3) is 0.924. The van der Waals surface area contributed by atoms with Crippen molar-refractivity contribution in [2.45, 2.75) is 526 Å². The summed E-state index contributed by atoms with van der Waals surface area (Å²) in [5, 5.41) is 73.6. The Hall–Kier alpha value is -3.51. The number of alkyl halides is 2. The minimum absolute atomic E-state index is 0.00236. The summed E-state index contributed by atoms with van der Waals surface area (Å²) in [6.45, 7) is 49.3. The monoisotopic (exact) mass is 1890 g/mol. The molecule has 16 rings (SSSR count). The molecule has 35 nitrogen and oxygen atoms in total. The van der Waals surface area contributed by atoms with Crippen molar-refractivity contribution >= 4 is 35.1 Å². The van der Waals surface area contributed by atoms with Gasteiger partial charge < -0.3 is 145 Å². The molecule has 0 radical (unpaired) electrons. The minimum atomic E-state index is -1.26. The molecule has 1 aromatic rings. The van der Waals surface area contributed by atoms with Gasteiger partial charge in [0.05, 0.1) is 123 Å². The lowest BCUT2D eigenvalue weighted by Crippen LogP contribution is -2.38. The number of fused-ring (bicyclic) bond motifs is 4. The van der Waals surface area contributed by atoms with Gasteiger partial charge in [0.25, 0.3) is 5.17 Å². The van der Waals surface area contributed by atoms with E-state index in [9.17, 15) is 43.6 Å². The molecule has 10 unspecified atom stereocenters. The number of carbonyl (C=O) groups excluding carboxylic acids is 3. The first-order valence-corrected chi connectivity index (χ1v) is 47.3. The van der Waals surface area contributed by atoms with Crippen molar-refractivity contribution in [3.8, 4) is 0 Å². The fourth-order valence-electron chi connectivity index (χ4n) is 16.7. The van der Waals surface area contributed by atoms with Crippen molar-refractivity contribution in [2.24, 2.45) is 0 Å². The molecule has 35 atom stereocenters. The lowest BCUT2D eigenvalue weighted by molar-refractivity contribution is -0.218. The van der Waals surface area contributed by atoms with Gasteiger partial charge in [-0.05, 0) is 181 Å². The number of rotatable bonds is 14. The number of aliphatic hydroxyl groups is 8. The Balaban J connectivity index is 0.000000222. The molecule has 8 N–H and O–H groups in total. The maximum Gasteiger partial charge on any atom is 0.305 e. The highest BCUT2D eigenvalue weighted by Crippen LogP contribution is 2.44. The van der Waals surface area contributed by atoms with Gasteiger partial charge in [0.2, 0.25) is 6.29 Å². The number of Topliss-reactive ketones (excluding diaryl/α,β-unsaturated/α-hetero) is 1. The number of aliphatic hydroxyl groups excluding tert-OH is 7. The van der Waals surface area contributed by atoms with Crippen LogP contribution in [0.4, 0.5) is 8.78 Å². The van der Waals surface area contributed by atoms with Crippen molar-refractivity contribution < 1.29 is 168 Å². The van der Waals surface area contributed by atoms with E-state index in [2.05, 4.69) is 25.8 Å². The van der Waals surface area contributed by atoms with Crippen LogP contribution in [0.15, 0.2) is 18.7 Å². The van der Waals surface area contributed by atoms with Crippen LogP contribution in [0.3, 0.4) is 0 Å². The molecule has 130 heavy (non-hydrogen) atoms. The number of hydrogen-bond acceptors (Lipinski definition) is 35. The van der Waals surface area contributed by atoms with Crippen molar-refractivity contribution in [1.29, 1.82) is 0 Å². The van der Waals surface area contributed by atoms with Crippen LogP contribution in [0.25, 0.3) is 0 Å². The highest BCUT2D eigenvalue weighted by Gasteiger charge is 2.58. The maximum atomic E-state index is 13.3. The molecule has 0 aromatic carbocycles. The fourth-order valence-corrected chi connectivity index (χ4v) is 16.9. The Kier molecular flexibility index (Phi) is 45.6. The van der Waals surface area contributed by atoms with E-state index >= 15 is 0 Å². The number of imidazole rings is 1.